The van der Waals surface area contributed by atoms with Crippen LogP contribution in [0.25, 0.3) is 0 Å². The molecule has 0 spiro atoms. The van der Waals surface area contributed by atoms with Crippen molar-refractivity contribution in [2.24, 2.45) is 11.8 Å². The smallest absolute Gasteiger partial charge is 0.465 e. The average molecular weight is 862 g/mol. The summed E-state index contributed by atoms with van der Waals surface area (Å²) in [6, 6.07) is 0. The number of carbonyl (C=O) groups is 4. The number of hydrogen-bond acceptors (Lipinski definition) is 12. The van der Waals surface area contributed by atoms with Crippen LogP contribution in [0.5, 0.6) is 0 Å². The van der Waals surface area contributed by atoms with Crippen LogP contribution in [0.3, 0.4) is 0 Å². The normalized spacial score (nSPS) is 14.8. The summed E-state index contributed by atoms with van der Waals surface area (Å²) in [6.07, 6.45) is 24.9. The summed E-state index contributed by atoms with van der Waals surface area (Å²) in [6.45, 7) is 12.7. The number of unbranched alkanes of at least 4 members (excludes halogenated alkanes) is 9. The second-order valence-corrected chi connectivity index (χ2v) is 15.8. The predicted molar refractivity (Wildman–Crippen MR) is 240 cm³/mol. The van der Waals surface area contributed by atoms with Crippen molar-refractivity contribution in [1.82, 2.24) is 4.90 Å². The number of esters is 3. The number of likely N-dealkylation sites (tertiary alicyclic amines) is 1. The van der Waals surface area contributed by atoms with Gasteiger partial charge in [-0.25, -0.2) is 4.79 Å². The van der Waals surface area contributed by atoms with Crippen molar-refractivity contribution in [1.29, 1.82) is 0 Å². The van der Waals surface area contributed by atoms with E-state index < -0.39 is 30.3 Å². The van der Waals surface area contributed by atoms with Crippen LogP contribution in [-0.4, -0.2) is 101 Å². The lowest BCUT2D eigenvalue weighted by Crippen LogP contribution is -2.37. The Bertz CT molecular complexity index is 1220. The van der Waals surface area contributed by atoms with Crippen LogP contribution in [0.2, 0.25) is 0 Å². The zero-order valence-corrected chi connectivity index (χ0v) is 38.6. The van der Waals surface area contributed by atoms with E-state index in [9.17, 15) is 19.2 Å². The molecule has 1 aliphatic heterocycles. The number of ether oxygens (including phenoxy) is 7. The van der Waals surface area contributed by atoms with Gasteiger partial charge in [0.15, 0.2) is 6.29 Å². The molecule has 0 aromatic carbocycles. The standard InChI is InChI=1S/C49H83NO11/c1-5-9-12-15-18-21-25-35-55-45(51)30-23-22-24-31-46(52)58-40-44(42-61-49(54)60-39-43-29-28-34-50(8-4)38-43)41-59-47(53)32-33-48(56-36-26-19-16-13-10-6-2)57-37-27-20-17-14-11-7-3/h10-11,13-14,43-44,48H,5-9,12,15-17,19-20,22-42H2,1-4H3/b13-10-,14-11-. The molecular formula is C49H83NO11. The van der Waals surface area contributed by atoms with Gasteiger partial charge in [0.25, 0.3) is 0 Å². The van der Waals surface area contributed by atoms with E-state index in [4.69, 9.17) is 33.2 Å². The van der Waals surface area contributed by atoms with E-state index in [1.165, 1.54) is 12.8 Å². The van der Waals surface area contributed by atoms with Gasteiger partial charge >= 0.3 is 24.1 Å². The first-order valence-electron chi connectivity index (χ1n) is 23.8. The minimum Gasteiger partial charge on any atom is -0.465 e. The molecule has 0 saturated carbocycles. The van der Waals surface area contributed by atoms with Gasteiger partial charge in [0, 0.05) is 57.8 Å². The molecule has 12 nitrogen and oxygen atoms in total. The highest BCUT2D eigenvalue weighted by Crippen LogP contribution is 2.17. The van der Waals surface area contributed by atoms with Crippen LogP contribution in [0, 0.1) is 23.7 Å². The number of nitrogens with zero attached hydrogens (tertiary/aromatic N) is 1. The maximum Gasteiger partial charge on any atom is 0.508 e. The van der Waals surface area contributed by atoms with Crippen LogP contribution in [0.4, 0.5) is 4.79 Å². The van der Waals surface area contributed by atoms with E-state index in [1.807, 2.05) is 0 Å². The number of hydrogen-bond donors (Lipinski definition) is 0. The topological polar surface area (TPSA) is 136 Å². The maximum absolute atomic E-state index is 13.0. The molecule has 0 aromatic heterocycles. The third-order valence-electron chi connectivity index (χ3n) is 10.2. The molecule has 0 aromatic rings. The van der Waals surface area contributed by atoms with Gasteiger partial charge in [-0.05, 0) is 96.6 Å². The number of piperidine rings is 1. The van der Waals surface area contributed by atoms with Gasteiger partial charge in [-0.15, -0.1) is 5.92 Å². The molecule has 1 rings (SSSR count). The maximum atomic E-state index is 13.0. The van der Waals surface area contributed by atoms with Crippen molar-refractivity contribution in [2.75, 3.05) is 65.9 Å². The van der Waals surface area contributed by atoms with Crippen LogP contribution >= 0.6 is 0 Å². The Balaban J connectivity index is 2.60. The lowest BCUT2D eigenvalue weighted by molar-refractivity contribution is -0.161. The highest BCUT2D eigenvalue weighted by Gasteiger charge is 2.23. The van der Waals surface area contributed by atoms with Gasteiger partial charge in [0.2, 0.25) is 0 Å². The van der Waals surface area contributed by atoms with Gasteiger partial charge in [-0.1, -0.05) is 77.2 Å². The molecule has 0 radical (unpaired) electrons. The van der Waals surface area contributed by atoms with E-state index in [0.717, 1.165) is 96.7 Å². The molecule has 0 bridgehead atoms. The van der Waals surface area contributed by atoms with E-state index in [-0.39, 0.29) is 57.6 Å². The van der Waals surface area contributed by atoms with Gasteiger partial charge < -0.3 is 38.1 Å². The molecule has 0 amide bonds. The predicted octanol–water partition coefficient (Wildman–Crippen LogP) is 10.5. The Hall–Kier alpha value is -3.40. The van der Waals surface area contributed by atoms with Crippen LogP contribution < -0.4 is 0 Å². The molecule has 0 N–H and O–H groups in total. The molecule has 2 atom stereocenters. The Kier molecular flexibility index (Phi) is 37.1. The molecule has 61 heavy (non-hydrogen) atoms. The molecule has 1 heterocycles. The first-order chi connectivity index (χ1) is 29.8. The van der Waals surface area contributed by atoms with Crippen molar-refractivity contribution in [3.63, 3.8) is 0 Å². The minimum atomic E-state index is -0.801. The molecular weight excluding hydrogens is 779 g/mol. The van der Waals surface area contributed by atoms with Crippen LogP contribution in [-0.2, 0) is 47.5 Å². The molecule has 1 aliphatic rings. The summed E-state index contributed by atoms with van der Waals surface area (Å²) in [7, 11) is 0. The van der Waals surface area contributed by atoms with Crippen LogP contribution in [0.1, 0.15) is 169 Å². The van der Waals surface area contributed by atoms with E-state index >= 15 is 0 Å². The SMILES string of the molecule is CC/C=C\CCCCOC(CCC(=O)OCC(COC(=O)CCCCCC(=O)OCCC#CCCCCC)COC(=O)OCC1CCCN(CC)C1)OCCCC/C=C\CC. The van der Waals surface area contributed by atoms with Crippen molar-refractivity contribution in [3.05, 3.63) is 24.3 Å². The largest absolute Gasteiger partial charge is 0.508 e. The summed E-state index contributed by atoms with van der Waals surface area (Å²) in [5, 5.41) is 0. The third kappa shape index (κ3) is 34.8. The Morgan fingerprint density at radius 2 is 1.23 bits per heavy atom. The molecule has 350 valence electrons. The quantitative estimate of drug-likeness (QED) is 0.0147. The zero-order chi connectivity index (χ0) is 44.4. The van der Waals surface area contributed by atoms with E-state index in [2.05, 4.69) is 68.7 Å². The number of allylic oxidation sites excluding steroid dienone is 4. The van der Waals surface area contributed by atoms with Crippen molar-refractivity contribution in [2.45, 2.75) is 175 Å². The fourth-order valence-corrected chi connectivity index (χ4v) is 6.52. The summed E-state index contributed by atoms with van der Waals surface area (Å²) in [5.74, 6) is 4.68. The number of carbonyl (C=O) groups excluding carboxylic acids is 4. The minimum absolute atomic E-state index is 0.0788. The molecule has 12 heteroatoms. The Morgan fingerprint density at radius 1 is 0.623 bits per heavy atom. The zero-order valence-electron chi connectivity index (χ0n) is 38.6. The Labute approximate surface area is 369 Å². The molecule has 2 unspecified atom stereocenters. The fraction of sp³-hybridized carbons (Fsp3) is 0.796. The lowest BCUT2D eigenvalue weighted by atomic mass is 9.99. The highest BCUT2D eigenvalue weighted by atomic mass is 16.7. The average Bonchev–Trinajstić information content (AvgIpc) is 3.27. The van der Waals surface area contributed by atoms with Gasteiger partial charge in [0.05, 0.1) is 18.9 Å². The Morgan fingerprint density at radius 3 is 1.85 bits per heavy atom. The summed E-state index contributed by atoms with van der Waals surface area (Å²) in [4.78, 5) is 52.6. The fourth-order valence-electron chi connectivity index (χ4n) is 6.52. The first-order valence-corrected chi connectivity index (χ1v) is 23.8. The third-order valence-corrected chi connectivity index (χ3v) is 10.2. The van der Waals surface area contributed by atoms with Crippen molar-refractivity contribution >= 4 is 24.1 Å². The highest BCUT2D eigenvalue weighted by molar-refractivity contribution is 5.70. The van der Waals surface area contributed by atoms with Gasteiger partial charge in [-0.3, -0.25) is 14.4 Å². The molecule has 1 saturated heterocycles. The van der Waals surface area contributed by atoms with Crippen LogP contribution in [0.15, 0.2) is 24.3 Å². The second kappa shape index (κ2) is 40.7. The molecule has 0 aliphatic carbocycles. The van der Waals surface area contributed by atoms with Crippen molar-refractivity contribution < 1.29 is 52.3 Å². The molecule has 1 fully saturated rings. The number of rotatable bonds is 37. The van der Waals surface area contributed by atoms with Crippen molar-refractivity contribution in [3.8, 4) is 11.8 Å². The van der Waals surface area contributed by atoms with Gasteiger partial charge in [-0.2, -0.15) is 0 Å². The van der Waals surface area contributed by atoms with Gasteiger partial charge in [0.1, 0.15) is 26.4 Å². The summed E-state index contributed by atoms with van der Waals surface area (Å²) >= 11 is 0. The van der Waals surface area contributed by atoms with E-state index in [1.54, 1.807) is 0 Å². The lowest BCUT2D eigenvalue weighted by Gasteiger charge is -2.31. The monoisotopic (exact) mass is 862 g/mol. The summed E-state index contributed by atoms with van der Waals surface area (Å²) in [5.41, 5.74) is 0. The summed E-state index contributed by atoms with van der Waals surface area (Å²) < 4.78 is 39.4. The first kappa shape index (κ1) is 55.6. The van der Waals surface area contributed by atoms with E-state index in [0.29, 0.717) is 51.9 Å². The second-order valence-electron chi connectivity index (χ2n) is 15.8.